The summed E-state index contributed by atoms with van der Waals surface area (Å²) < 4.78 is 35.0. The first-order valence-corrected chi connectivity index (χ1v) is 12.7. The predicted molar refractivity (Wildman–Crippen MR) is 134 cm³/mol. The summed E-state index contributed by atoms with van der Waals surface area (Å²) in [5, 5.41) is 0. The van der Waals surface area contributed by atoms with Gasteiger partial charge in [0.15, 0.2) is 12.6 Å². The van der Waals surface area contributed by atoms with Crippen LogP contribution in [-0.4, -0.2) is 67.9 Å². The standard InChI is InChI=1S/C27H44O9/c1-9-31-21(6)34-23-13-15-27(8,36-22(7)32-10-2)24(33-20(5)29)12-11-18(3)26(19(4)14-16-28)35-25(30)17-23/h11-12,14,16,18,21-24,26H,9-10,13,15,17H2,1-8H3/b12-11+,19-14+. The van der Waals surface area contributed by atoms with Gasteiger partial charge in [-0.25, -0.2) is 0 Å². The van der Waals surface area contributed by atoms with Crippen molar-refractivity contribution in [3.63, 3.8) is 0 Å². The molecule has 0 saturated carbocycles. The average Bonchev–Trinajstić information content (AvgIpc) is 2.78. The highest BCUT2D eigenvalue weighted by Crippen LogP contribution is 2.32. The van der Waals surface area contributed by atoms with E-state index in [1.807, 2.05) is 33.8 Å². The smallest absolute Gasteiger partial charge is 0.309 e. The molecule has 0 radical (unpaired) electrons. The van der Waals surface area contributed by atoms with Crippen molar-refractivity contribution in [2.45, 2.75) is 111 Å². The van der Waals surface area contributed by atoms with Gasteiger partial charge in [-0.1, -0.05) is 13.0 Å². The lowest BCUT2D eigenvalue weighted by Crippen LogP contribution is -2.47. The van der Waals surface area contributed by atoms with E-state index in [0.29, 0.717) is 37.9 Å². The van der Waals surface area contributed by atoms with Crippen LogP contribution < -0.4 is 0 Å². The van der Waals surface area contributed by atoms with Gasteiger partial charge in [0.2, 0.25) is 0 Å². The fraction of sp³-hybridized carbons (Fsp3) is 0.741. The fourth-order valence-corrected chi connectivity index (χ4v) is 4.24. The second-order valence-corrected chi connectivity index (χ2v) is 9.21. The first kappa shape index (κ1) is 32.0. The minimum Gasteiger partial charge on any atom is -0.457 e. The van der Waals surface area contributed by atoms with Gasteiger partial charge in [0.05, 0.1) is 12.5 Å². The summed E-state index contributed by atoms with van der Waals surface area (Å²) in [6.07, 6.45) is 3.29. The van der Waals surface area contributed by atoms with Crippen molar-refractivity contribution in [2.24, 2.45) is 5.92 Å². The molecule has 1 aliphatic rings. The molecule has 0 aliphatic carbocycles. The first-order chi connectivity index (χ1) is 16.9. The van der Waals surface area contributed by atoms with Crippen LogP contribution >= 0.6 is 0 Å². The van der Waals surface area contributed by atoms with Gasteiger partial charge >= 0.3 is 11.9 Å². The van der Waals surface area contributed by atoms with Crippen molar-refractivity contribution >= 4 is 18.2 Å². The van der Waals surface area contributed by atoms with E-state index in [0.717, 1.165) is 0 Å². The maximum absolute atomic E-state index is 12.9. The number of hydrogen-bond acceptors (Lipinski definition) is 9. The largest absolute Gasteiger partial charge is 0.457 e. The predicted octanol–water partition coefficient (Wildman–Crippen LogP) is 4.28. The molecule has 0 spiro atoms. The van der Waals surface area contributed by atoms with E-state index in [1.54, 1.807) is 26.8 Å². The molecule has 0 N–H and O–H groups in total. The van der Waals surface area contributed by atoms with Crippen molar-refractivity contribution in [3.8, 4) is 0 Å². The van der Waals surface area contributed by atoms with Crippen LogP contribution in [-0.2, 0) is 42.8 Å². The van der Waals surface area contributed by atoms with Gasteiger partial charge in [0.1, 0.15) is 24.1 Å². The molecular formula is C27H44O9. The normalized spacial score (nSPS) is 30.8. The van der Waals surface area contributed by atoms with Gasteiger partial charge in [-0.2, -0.15) is 0 Å². The third-order valence-corrected chi connectivity index (χ3v) is 5.98. The molecule has 0 aromatic rings. The molecule has 7 unspecified atom stereocenters. The Balaban J connectivity index is 3.50. The Morgan fingerprint density at radius 3 is 2.39 bits per heavy atom. The zero-order chi connectivity index (χ0) is 27.3. The van der Waals surface area contributed by atoms with Gasteiger partial charge in [-0.3, -0.25) is 14.4 Å². The quantitative estimate of drug-likeness (QED) is 0.132. The third-order valence-electron chi connectivity index (χ3n) is 5.98. The molecule has 0 amide bonds. The Morgan fingerprint density at radius 2 is 1.81 bits per heavy atom. The van der Waals surface area contributed by atoms with Crippen LogP contribution in [0.1, 0.15) is 74.7 Å². The lowest BCUT2D eigenvalue weighted by atomic mass is 9.88. The summed E-state index contributed by atoms with van der Waals surface area (Å²) in [6.45, 7) is 15.0. The lowest BCUT2D eigenvalue weighted by molar-refractivity contribution is -0.230. The van der Waals surface area contributed by atoms with Gasteiger partial charge in [-0.15, -0.1) is 0 Å². The number of carbonyl (C=O) groups excluding carboxylic acids is 3. The maximum atomic E-state index is 12.9. The maximum Gasteiger partial charge on any atom is 0.309 e. The monoisotopic (exact) mass is 512 g/mol. The zero-order valence-electron chi connectivity index (χ0n) is 23.0. The molecular weight excluding hydrogens is 468 g/mol. The fourth-order valence-electron chi connectivity index (χ4n) is 4.24. The van der Waals surface area contributed by atoms with E-state index in [4.69, 9.17) is 28.4 Å². The molecule has 9 nitrogen and oxygen atoms in total. The molecule has 0 bridgehead atoms. The molecule has 1 rings (SSSR count). The molecule has 206 valence electrons. The van der Waals surface area contributed by atoms with Crippen LogP contribution in [0.2, 0.25) is 0 Å². The molecule has 0 saturated heterocycles. The summed E-state index contributed by atoms with van der Waals surface area (Å²) in [5.74, 6) is -1.23. The first-order valence-electron chi connectivity index (χ1n) is 12.7. The minimum absolute atomic E-state index is 0.0198. The second-order valence-electron chi connectivity index (χ2n) is 9.21. The summed E-state index contributed by atoms with van der Waals surface area (Å²) in [4.78, 5) is 36.1. The number of aldehydes is 1. The topological polar surface area (TPSA) is 107 Å². The summed E-state index contributed by atoms with van der Waals surface area (Å²) in [7, 11) is 0. The van der Waals surface area contributed by atoms with Crippen molar-refractivity contribution < 1.29 is 42.8 Å². The van der Waals surface area contributed by atoms with E-state index < -0.39 is 48.4 Å². The molecule has 9 heteroatoms. The van der Waals surface area contributed by atoms with Crippen molar-refractivity contribution in [1.82, 2.24) is 0 Å². The average molecular weight is 513 g/mol. The molecule has 1 aliphatic heterocycles. The van der Waals surface area contributed by atoms with Crippen LogP contribution in [0, 0.1) is 5.92 Å². The van der Waals surface area contributed by atoms with E-state index in [-0.39, 0.29) is 12.3 Å². The number of ether oxygens (including phenoxy) is 6. The Labute approximate surface area is 215 Å². The van der Waals surface area contributed by atoms with Gasteiger partial charge in [-0.05, 0) is 72.1 Å². The van der Waals surface area contributed by atoms with E-state index >= 15 is 0 Å². The molecule has 7 atom stereocenters. The minimum atomic E-state index is -0.987. The summed E-state index contributed by atoms with van der Waals surface area (Å²) in [6, 6.07) is 0. The Morgan fingerprint density at radius 1 is 1.17 bits per heavy atom. The van der Waals surface area contributed by atoms with E-state index in [1.165, 1.54) is 13.0 Å². The highest BCUT2D eigenvalue weighted by molar-refractivity contribution is 5.71. The van der Waals surface area contributed by atoms with E-state index in [2.05, 4.69) is 0 Å². The van der Waals surface area contributed by atoms with Crippen molar-refractivity contribution in [2.75, 3.05) is 13.2 Å². The van der Waals surface area contributed by atoms with Crippen LogP contribution in [0.25, 0.3) is 0 Å². The third kappa shape index (κ3) is 10.9. The number of rotatable bonds is 11. The van der Waals surface area contributed by atoms with Crippen LogP contribution in [0.3, 0.4) is 0 Å². The lowest BCUT2D eigenvalue weighted by Gasteiger charge is -2.39. The van der Waals surface area contributed by atoms with Gasteiger partial charge in [0, 0.05) is 26.1 Å². The molecule has 1 heterocycles. The van der Waals surface area contributed by atoms with Crippen molar-refractivity contribution in [1.29, 1.82) is 0 Å². The number of esters is 2. The highest BCUT2D eigenvalue weighted by Gasteiger charge is 2.40. The Hall–Kier alpha value is -2.07. The van der Waals surface area contributed by atoms with E-state index in [9.17, 15) is 14.4 Å². The van der Waals surface area contributed by atoms with Gasteiger partial charge < -0.3 is 28.4 Å². The van der Waals surface area contributed by atoms with Crippen LogP contribution in [0.5, 0.6) is 0 Å². The molecule has 36 heavy (non-hydrogen) atoms. The second kappa shape index (κ2) is 15.9. The number of carbonyl (C=O) groups is 3. The summed E-state index contributed by atoms with van der Waals surface area (Å²) in [5.41, 5.74) is -0.389. The highest BCUT2D eigenvalue weighted by atomic mass is 16.7. The number of hydrogen-bond donors (Lipinski definition) is 0. The summed E-state index contributed by atoms with van der Waals surface area (Å²) >= 11 is 0. The van der Waals surface area contributed by atoms with Gasteiger partial charge in [0.25, 0.3) is 0 Å². The number of allylic oxidation sites excluding steroid dienone is 1. The van der Waals surface area contributed by atoms with Crippen LogP contribution in [0.4, 0.5) is 0 Å². The SMILES string of the molecule is CCOC(C)OC1CCC(C)(OC(C)OCC)C(OC(C)=O)/C=C/C(C)C(/C(C)=C/C=O)OC(=O)C1. The molecule has 0 aromatic heterocycles. The number of cyclic esters (lactones) is 1. The van der Waals surface area contributed by atoms with Crippen molar-refractivity contribution in [3.05, 3.63) is 23.8 Å². The molecule has 0 fully saturated rings. The Bertz CT molecular complexity index is 762. The zero-order valence-corrected chi connectivity index (χ0v) is 23.0. The van der Waals surface area contributed by atoms with Crippen LogP contribution in [0.15, 0.2) is 23.8 Å². The molecule has 0 aromatic carbocycles. The Kier molecular flexibility index (Phi) is 14.1.